The summed E-state index contributed by atoms with van der Waals surface area (Å²) in [7, 11) is 0. The summed E-state index contributed by atoms with van der Waals surface area (Å²) in [6, 6.07) is 15.9. The molecular formula is C17H18ClNOS. The number of halogens is 1. The lowest BCUT2D eigenvalue weighted by Crippen LogP contribution is -2.27. The Hall–Kier alpha value is -1.45. The van der Waals surface area contributed by atoms with Crippen molar-refractivity contribution in [1.29, 1.82) is 0 Å². The molecule has 0 heterocycles. The zero-order valence-electron chi connectivity index (χ0n) is 11.9. The number of nitrogens with one attached hydrogen (secondary N) is 1. The number of amides is 1. The molecule has 110 valence electrons. The van der Waals surface area contributed by atoms with Crippen LogP contribution in [0.25, 0.3) is 0 Å². The number of rotatable bonds is 6. The summed E-state index contributed by atoms with van der Waals surface area (Å²) in [4.78, 5) is 12.9. The second-order valence-corrected chi connectivity index (χ2v) is 6.32. The van der Waals surface area contributed by atoms with Gasteiger partial charge in [0.2, 0.25) is 5.91 Å². The first-order valence-corrected chi connectivity index (χ1v) is 8.20. The third kappa shape index (κ3) is 5.82. The van der Waals surface area contributed by atoms with E-state index in [4.69, 9.17) is 11.6 Å². The molecule has 0 unspecified atom stereocenters. The molecule has 0 spiro atoms. The Labute approximate surface area is 134 Å². The van der Waals surface area contributed by atoms with Crippen LogP contribution in [0, 0.1) is 6.92 Å². The van der Waals surface area contributed by atoms with Crippen LogP contribution in [0.4, 0.5) is 0 Å². The van der Waals surface area contributed by atoms with E-state index in [0.717, 1.165) is 21.9 Å². The van der Waals surface area contributed by atoms with E-state index < -0.39 is 0 Å². The fourth-order valence-electron chi connectivity index (χ4n) is 1.87. The van der Waals surface area contributed by atoms with Crippen molar-refractivity contribution in [2.75, 3.05) is 12.3 Å². The second kappa shape index (κ2) is 8.11. The van der Waals surface area contributed by atoms with Crippen LogP contribution in [0.3, 0.4) is 0 Å². The van der Waals surface area contributed by atoms with Crippen molar-refractivity contribution in [2.45, 2.75) is 18.2 Å². The Bertz CT molecular complexity index is 598. The van der Waals surface area contributed by atoms with Crippen LogP contribution in [0.2, 0.25) is 5.02 Å². The van der Waals surface area contributed by atoms with E-state index in [1.165, 1.54) is 5.56 Å². The van der Waals surface area contributed by atoms with Crippen LogP contribution in [0.5, 0.6) is 0 Å². The number of hydrogen-bond acceptors (Lipinski definition) is 2. The van der Waals surface area contributed by atoms with Crippen molar-refractivity contribution in [3.63, 3.8) is 0 Å². The van der Waals surface area contributed by atoms with Crippen molar-refractivity contribution >= 4 is 29.3 Å². The van der Waals surface area contributed by atoms with Gasteiger partial charge in [0.05, 0.1) is 5.75 Å². The molecule has 1 amide bonds. The van der Waals surface area contributed by atoms with Gasteiger partial charge in [-0.3, -0.25) is 4.79 Å². The van der Waals surface area contributed by atoms with Crippen molar-refractivity contribution in [3.05, 3.63) is 64.7 Å². The molecule has 0 aliphatic rings. The molecule has 0 atom stereocenters. The van der Waals surface area contributed by atoms with Gasteiger partial charge in [-0.15, -0.1) is 11.8 Å². The summed E-state index contributed by atoms with van der Waals surface area (Å²) in [5.74, 6) is 0.501. The van der Waals surface area contributed by atoms with E-state index in [1.807, 2.05) is 36.4 Å². The van der Waals surface area contributed by atoms with Crippen LogP contribution < -0.4 is 5.32 Å². The lowest BCUT2D eigenvalue weighted by atomic mass is 10.1. The van der Waals surface area contributed by atoms with Gasteiger partial charge in [-0.25, -0.2) is 0 Å². The molecule has 0 fully saturated rings. The summed E-state index contributed by atoms with van der Waals surface area (Å²) in [5.41, 5.74) is 2.36. The predicted octanol–water partition coefficient (Wildman–Crippen LogP) is 4.10. The molecule has 0 bridgehead atoms. The molecule has 0 aliphatic carbocycles. The average Bonchev–Trinajstić information content (AvgIpc) is 2.47. The number of aryl methyl sites for hydroxylation is 1. The van der Waals surface area contributed by atoms with Gasteiger partial charge in [0.1, 0.15) is 0 Å². The standard InChI is InChI=1S/C17H18ClNOS/c1-13-5-7-16(8-6-13)21-12-17(20)19-10-9-14-3-2-4-15(18)11-14/h2-8,11H,9-10,12H2,1H3,(H,19,20). The van der Waals surface area contributed by atoms with Crippen LogP contribution >= 0.6 is 23.4 Å². The molecule has 0 saturated carbocycles. The highest BCUT2D eigenvalue weighted by molar-refractivity contribution is 8.00. The van der Waals surface area contributed by atoms with E-state index in [0.29, 0.717) is 12.3 Å². The van der Waals surface area contributed by atoms with Crippen molar-refractivity contribution < 1.29 is 4.79 Å². The number of carbonyl (C=O) groups excluding carboxylic acids is 1. The number of thioether (sulfide) groups is 1. The highest BCUT2D eigenvalue weighted by Crippen LogP contribution is 2.17. The minimum atomic E-state index is 0.0580. The van der Waals surface area contributed by atoms with Gasteiger partial charge in [-0.2, -0.15) is 0 Å². The maximum Gasteiger partial charge on any atom is 0.230 e. The van der Waals surface area contributed by atoms with Crippen LogP contribution in [0.1, 0.15) is 11.1 Å². The average molecular weight is 320 g/mol. The van der Waals surface area contributed by atoms with Gasteiger partial charge in [-0.1, -0.05) is 41.4 Å². The Balaban J connectivity index is 1.69. The number of benzene rings is 2. The van der Waals surface area contributed by atoms with E-state index in [9.17, 15) is 4.79 Å². The van der Waals surface area contributed by atoms with Crippen molar-refractivity contribution in [1.82, 2.24) is 5.32 Å². The fourth-order valence-corrected chi connectivity index (χ4v) is 2.81. The normalized spacial score (nSPS) is 10.4. The molecule has 21 heavy (non-hydrogen) atoms. The van der Waals surface area contributed by atoms with E-state index in [2.05, 4.69) is 24.4 Å². The zero-order valence-corrected chi connectivity index (χ0v) is 13.5. The molecule has 0 radical (unpaired) electrons. The summed E-state index contributed by atoms with van der Waals surface area (Å²) in [5, 5.41) is 3.66. The van der Waals surface area contributed by atoms with Crippen LogP contribution in [-0.2, 0) is 11.2 Å². The second-order valence-electron chi connectivity index (χ2n) is 4.83. The molecule has 2 nitrogen and oxygen atoms in total. The molecule has 4 heteroatoms. The molecule has 0 aliphatic heterocycles. The first kappa shape index (κ1) is 15.9. The molecule has 0 aromatic heterocycles. The first-order valence-electron chi connectivity index (χ1n) is 6.84. The number of carbonyl (C=O) groups is 1. The van der Waals surface area contributed by atoms with E-state index >= 15 is 0 Å². The lowest BCUT2D eigenvalue weighted by molar-refractivity contribution is -0.118. The van der Waals surface area contributed by atoms with Gasteiger partial charge in [0, 0.05) is 16.5 Å². The quantitative estimate of drug-likeness (QED) is 0.812. The maximum atomic E-state index is 11.8. The molecular weight excluding hydrogens is 302 g/mol. The summed E-state index contributed by atoms with van der Waals surface area (Å²) in [6.45, 7) is 2.69. The molecule has 0 saturated heterocycles. The third-order valence-electron chi connectivity index (χ3n) is 3.02. The third-order valence-corrected chi connectivity index (χ3v) is 4.26. The summed E-state index contributed by atoms with van der Waals surface area (Å²) >= 11 is 7.48. The number of hydrogen-bond donors (Lipinski definition) is 1. The molecule has 2 rings (SSSR count). The summed E-state index contributed by atoms with van der Waals surface area (Å²) in [6.07, 6.45) is 0.793. The largest absolute Gasteiger partial charge is 0.355 e. The van der Waals surface area contributed by atoms with E-state index in [1.54, 1.807) is 11.8 Å². The summed E-state index contributed by atoms with van der Waals surface area (Å²) < 4.78 is 0. The van der Waals surface area contributed by atoms with Crippen molar-refractivity contribution in [3.8, 4) is 0 Å². The predicted molar refractivity (Wildman–Crippen MR) is 90.1 cm³/mol. The first-order chi connectivity index (χ1) is 10.1. The van der Waals surface area contributed by atoms with Gasteiger partial charge in [-0.05, 0) is 43.2 Å². The Morgan fingerprint density at radius 1 is 1.19 bits per heavy atom. The molecule has 2 aromatic carbocycles. The van der Waals surface area contributed by atoms with Gasteiger partial charge in [0.15, 0.2) is 0 Å². The van der Waals surface area contributed by atoms with Gasteiger partial charge >= 0.3 is 0 Å². The monoisotopic (exact) mass is 319 g/mol. The maximum absolute atomic E-state index is 11.8. The SMILES string of the molecule is Cc1ccc(SCC(=O)NCCc2cccc(Cl)c2)cc1. The zero-order chi connectivity index (χ0) is 15.1. The topological polar surface area (TPSA) is 29.1 Å². The van der Waals surface area contributed by atoms with Crippen molar-refractivity contribution in [2.24, 2.45) is 0 Å². The van der Waals surface area contributed by atoms with Gasteiger partial charge in [0.25, 0.3) is 0 Å². The van der Waals surface area contributed by atoms with E-state index in [-0.39, 0.29) is 5.91 Å². The minimum absolute atomic E-state index is 0.0580. The minimum Gasteiger partial charge on any atom is -0.355 e. The Morgan fingerprint density at radius 2 is 1.95 bits per heavy atom. The van der Waals surface area contributed by atoms with Crippen LogP contribution in [-0.4, -0.2) is 18.2 Å². The smallest absolute Gasteiger partial charge is 0.230 e. The molecule has 1 N–H and O–H groups in total. The van der Waals surface area contributed by atoms with Gasteiger partial charge < -0.3 is 5.32 Å². The molecule has 2 aromatic rings. The Kier molecular flexibility index (Phi) is 6.15. The highest BCUT2D eigenvalue weighted by atomic mass is 35.5. The Morgan fingerprint density at radius 3 is 2.67 bits per heavy atom. The fraction of sp³-hybridized carbons (Fsp3) is 0.235. The highest BCUT2D eigenvalue weighted by Gasteiger charge is 2.03. The van der Waals surface area contributed by atoms with Crippen LogP contribution in [0.15, 0.2) is 53.4 Å². The lowest BCUT2D eigenvalue weighted by Gasteiger charge is -2.06.